The van der Waals surface area contributed by atoms with Crippen molar-refractivity contribution in [2.45, 2.75) is 147 Å². The SMILES string of the molecule is C[C@H](C(O)CCC(C)(C)O)[C@H]1CC[C@@]2(O)C3=CC(=O)C4CC(O[C@@H]5O[C@H](CO)[C@@H](O)[C@H](O)[C@H]5O)CC[C@]4(C)[C@H]3CC[C@]12C. The highest BCUT2D eigenvalue weighted by Gasteiger charge is 2.66. The van der Waals surface area contributed by atoms with Crippen molar-refractivity contribution in [3.05, 3.63) is 11.6 Å². The van der Waals surface area contributed by atoms with Gasteiger partial charge in [-0.15, -0.1) is 0 Å². The first kappa shape index (κ1) is 33.4. The molecule has 14 atom stereocenters. The van der Waals surface area contributed by atoms with Crippen LogP contribution in [-0.2, 0) is 14.3 Å². The van der Waals surface area contributed by atoms with Crippen molar-refractivity contribution in [2.24, 2.45) is 34.5 Å². The summed E-state index contributed by atoms with van der Waals surface area (Å²) in [4.78, 5) is 13.8. The number of hydrogen-bond acceptors (Lipinski definition) is 10. The minimum atomic E-state index is -1.52. The summed E-state index contributed by atoms with van der Waals surface area (Å²) < 4.78 is 11.6. The molecular formula is C33H54O10. The van der Waals surface area contributed by atoms with E-state index in [1.807, 2.05) is 0 Å². The Morgan fingerprint density at radius 1 is 1.05 bits per heavy atom. The van der Waals surface area contributed by atoms with Gasteiger partial charge in [0.1, 0.15) is 24.4 Å². The Hall–Kier alpha value is -0.950. The quantitative estimate of drug-likeness (QED) is 0.214. The first-order valence-electron chi connectivity index (χ1n) is 16.3. The Labute approximate surface area is 255 Å². The lowest BCUT2D eigenvalue weighted by Gasteiger charge is -2.60. The molecule has 0 spiro atoms. The summed E-state index contributed by atoms with van der Waals surface area (Å²) in [6.07, 6.45) is -0.458. The molecule has 43 heavy (non-hydrogen) atoms. The van der Waals surface area contributed by atoms with Gasteiger partial charge >= 0.3 is 0 Å². The van der Waals surface area contributed by atoms with Gasteiger partial charge in [0.25, 0.3) is 0 Å². The highest BCUT2D eigenvalue weighted by atomic mass is 16.7. The molecule has 7 N–H and O–H groups in total. The van der Waals surface area contributed by atoms with Crippen molar-refractivity contribution >= 4 is 5.78 Å². The van der Waals surface area contributed by atoms with Gasteiger partial charge in [0.15, 0.2) is 12.1 Å². The lowest BCUT2D eigenvalue weighted by molar-refractivity contribution is -0.315. The van der Waals surface area contributed by atoms with Crippen LogP contribution in [-0.4, -0.2) is 102 Å². The summed E-state index contributed by atoms with van der Waals surface area (Å²) in [6.45, 7) is 9.29. The number of rotatable bonds is 8. The van der Waals surface area contributed by atoms with Crippen LogP contribution in [0.4, 0.5) is 0 Å². The molecule has 1 saturated heterocycles. The van der Waals surface area contributed by atoms with Crippen LogP contribution in [0.15, 0.2) is 11.6 Å². The van der Waals surface area contributed by atoms with Crippen LogP contribution in [0.25, 0.3) is 0 Å². The lowest BCUT2D eigenvalue weighted by atomic mass is 9.46. The van der Waals surface area contributed by atoms with Gasteiger partial charge in [-0.05, 0) is 106 Å². The molecule has 5 rings (SSSR count). The van der Waals surface area contributed by atoms with E-state index in [1.54, 1.807) is 19.9 Å². The van der Waals surface area contributed by atoms with E-state index in [9.17, 15) is 40.5 Å². The Bertz CT molecular complexity index is 1070. The Kier molecular flexibility index (Phi) is 9.08. The van der Waals surface area contributed by atoms with Gasteiger partial charge in [0.2, 0.25) is 0 Å². The number of fused-ring (bicyclic) bond motifs is 5. The number of allylic oxidation sites excluding steroid dienone is 1. The number of hydrogen-bond donors (Lipinski definition) is 7. The predicted molar refractivity (Wildman–Crippen MR) is 156 cm³/mol. The normalized spacial score (nSPS) is 48.1. The average Bonchev–Trinajstić information content (AvgIpc) is 3.23. The molecule has 4 aliphatic carbocycles. The maximum Gasteiger partial charge on any atom is 0.186 e. The number of carbonyl (C=O) groups excluding carboxylic acids is 1. The molecule has 0 amide bonds. The number of ether oxygens (including phenoxy) is 2. The highest BCUT2D eigenvalue weighted by molar-refractivity contribution is 5.95. The fourth-order valence-corrected chi connectivity index (χ4v) is 9.71. The zero-order chi connectivity index (χ0) is 31.7. The third-order valence-electron chi connectivity index (χ3n) is 12.6. The fraction of sp³-hybridized carbons (Fsp3) is 0.909. The van der Waals surface area contributed by atoms with Crippen molar-refractivity contribution in [2.75, 3.05) is 6.61 Å². The van der Waals surface area contributed by atoms with E-state index < -0.39 is 66.1 Å². The van der Waals surface area contributed by atoms with E-state index >= 15 is 0 Å². The van der Waals surface area contributed by atoms with E-state index in [0.717, 1.165) is 24.8 Å². The van der Waals surface area contributed by atoms with Gasteiger partial charge in [-0.2, -0.15) is 0 Å². The van der Waals surface area contributed by atoms with E-state index in [4.69, 9.17) is 9.47 Å². The molecule has 5 aliphatic rings. The maximum atomic E-state index is 13.8. The third kappa shape index (κ3) is 5.57. The topological polar surface area (TPSA) is 177 Å². The van der Waals surface area contributed by atoms with Gasteiger partial charge in [-0.3, -0.25) is 4.79 Å². The summed E-state index contributed by atoms with van der Waals surface area (Å²) in [7, 11) is 0. The van der Waals surface area contributed by atoms with E-state index in [1.165, 1.54) is 0 Å². The van der Waals surface area contributed by atoms with Crippen LogP contribution >= 0.6 is 0 Å². The molecule has 3 unspecified atom stereocenters. The third-order valence-corrected chi connectivity index (χ3v) is 12.6. The summed E-state index contributed by atoms with van der Waals surface area (Å²) in [5, 5.41) is 74.0. The zero-order valence-electron chi connectivity index (χ0n) is 26.4. The molecule has 10 heteroatoms. The summed E-state index contributed by atoms with van der Waals surface area (Å²) in [5.41, 5.74) is -1.98. The zero-order valence-corrected chi connectivity index (χ0v) is 26.4. The number of carbonyl (C=O) groups is 1. The molecule has 0 radical (unpaired) electrons. The monoisotopic (exact) mass is 610 g/mol. The van der Waals surface area contributed by atoms with Crippen molar-refractivity contribution in [1.82, 2.24) is 0 Å². The molecule has 1 heterocycles. The van der Waals surface area contributed by atoms with Crippen molar-refractivity contribution in [1.29, 1.82) is 0 Å². The highest BCUT2D eigenvalue weighted by Crippen LogP contribution is 2.68. The molecule has 1 aliphatic heterocycles. The summed E-state index contributed by atoms with van der Waals surface area (Å²) in [6, 6.07) is 0. The standard InChI is InChI=1S/C33H54O10/c1-17(23(35)9-10-30(2,3)40)19-8-13-33(41)21-15-24(36)22-14-18(6-11-31(22,4)20(21)7-12-32(19,33)5)42-29-28(39)27(38)26(37)25(16-34)43-29/h15,17-20,22-23,25-29,34-35,37-41H,6-14,16H2,1-5H3/t17-,18?,19+,20-,22?,23?,25+,26+,27-,28+,29+,31+,32+,33+/m0/s1. The molecular weight excluding hydrogens is 556 g/mol. The predicted octanol–water partition coefficient (Wildman–Crippen LogP) is 1.59. The van der Waals surface area contributed by atoms with Crippen LogP contribution in [0.1, 0.15) is 92.4 Å². The lowest BCUT2D eigenvalue weighted by Crippen LogP contribution is -2.61. The second-order valence-electron chi connectivity index (χ2n) is 15.6. The van der Waals surface area contributed by atoms with E-state index in [0.29, 0.717) is 38.5 Å². The Morgan fingerprint density at radius 2 is 1.74 bits per heavy atom. The van der Waals surface area contributed by atoms with Crippen molar-refractivity contribution in [3.63, 3.8) is 0 Å². The van der Waals surface area contributed by atoms with Crippen LogP contribution in [0.5, 0.6) is 0 Å². The van der Waals surface area contributed by atoms with Gasteiger partial charge in [-0.25, -0.2) is 0 Å². The smallest absolute Gasteiger partial charge is 0.186 e. The Balaban J connectivity index is 1.32. The number of aliphatic hydroxyl groups excluding tert-OH is 5. The van der Waals surface area contributed by atoms with E-state index in [-0.39, 0.29) is 34.9 Å². The molecule has 246 valence electrons. The maximum absolute atomic E-state index is 13.8. The largest absolute Gasteiger partial charge is 0.394 e. The summed E-state index contributed by atoms with van der Waals surface area (Å²) in [5.74, 6) is -0.306. The Morgan fingerprint density at radius 3 is 2.40 bits per heavy atom. The van der Waals surface area contributed by atoms with Crippen LogP contribution < -0.4 is 0 Å². The molecule has 0 aromatic rings. The minimum Gasteiger partial charge on any atom is -0.394 e. The minimum absolute atomic E-state index is 0.0322. The number of aliphatic hydroxyl groups is 7. The molecule has 0 aromatic carbocycles. The van der Waals surface area contributed by atoms with Crippen LogP contribution in [0, 0.1) is 34.5 Å². The molecule has 0 aromatic heterocycles. The van der Waals surface area contributed by atoms with Gasteiger partial charge in [0.05, 0.1) is 30.0 Å². The first-order chi connectivity index (χ1) is 20.0. The fourth-order valence-electron chi connectivity index (χ4n) is 9.71. The van der Waals surface area contributed by atoms with Gasteiger partial charge in [0, 0.05) is 11.3 Å². The first-order valence-corrected chi connectivity index (χ1v) is 16.3. The average molecular weight is 611 g/mol. The van der Waals surface area contributed by atoms with Crippen LogP contribution in [0.3, 0.4) is 0 Å². The molecule has 4 fully saturated rings. The molecule has 0 bridgehead atoms. The van der Waals surface area contributed by atoms with Crippen molar-refractivity contribution < 1.29 is 50.0 Å². The van der Waals surface area contributed by atoms with Crippen LogP contribution in [0.2, 0.25) is 0 Å². The molecule has 3 saturated carbocycles. The summed E-state index contributed by atoms with van der Waals surface area (Å²) >= 11 is 0. The second kappa shape index (κ2) is 11.7. The molecule has 10 nitrogen and oxygen atoms in total. The van der Waals surface area contributed by atoms with Gasteiger partial charge in [-0.1, -0.05) is 20.8 Å². The van der Waals surface area contributed by atoms with Crippen molar-refractivity contribution in [3.8, 4) is 0 Å². The van der Waals surface area contributed by atoms with Gasteiger partial charge < -0.3 is 45.2 Å². The second-order valence-corrected chi connectivity index (χ2v) is 15.6. The number of ketones is 1. The van der Waals surface area contributed by atoms with E-state index in [2.05, 4.69) is 20.8 Å².